The van der Waals surface area contributed by atoms with E-state index in [2.05, 4.69) is 337 Å². The molecule has 0 bridgehead atoms. The quantitative estimate of drug-likeness (QED) is 0.128. The van der Waals surface area contributed by atoms with Gasteiger partial charge in [-0.2, -0.15) is 0 Å². The monoisotopic (exact) mass is 1120 g/mol. The summed E-state index contributed by atoms with van der Waals surface area (Å²) in [6.45, 7) is 0. The van der Waals surface area contributed by atoms with Gasteiger partial charge in [0.2, 0.25) is 0 Å². The minimum Gasteiger partial charge on any atom is -0.292 e. The highest BCUT2D eigenvalue weighted by Gasteiger charge is 2.23. The summed E-state index contributed by atoms with van der Waals surface area (Å²) in [5, 5.41) is 9.76. The molecule has 15 aromatic carbocycles. The van der Waals surface area contributed by atoms with Gasteiger partial charge in [0.1, 0.15) is 11.6 Å². The van der Waals surface area contributed by atoms with Gasteiger partial charge in [0.25, 0.3) is 0 Å². The molecule has 0 unspecified atom stereocenters. The lowest BCUT2D eigenvalue weighted by Gasteiger charge is -2.20. The van der Waals surface area contributed by atoms with Crippen molar-refractivity contribution >= 4 is 65.2 Å². The maximum atomic E-state index is 5.50. The molecule has 0 spiro atoms. The van der Waals surface area contributed by atoms with E-state index >= 15 is 0 Å². The molecule has 2 heterocycles. The standard InChI is InChI=1S/C84H54N4/c1-4-22-56(23-5-1)65-28-10-11-29-66(65)82-73-36-18-16-34-71(73)81(72-35-17-19-37-74(72)82)59-46-50-61(51-47-59)84-86-76-54-62(52-53-78(76)88(84)64-26-8-3-9-27-64)55-40-42-57(43-41-55)79-67-30-12-14-32-69(67)80(70-33-15-13-31-68(70)79)58-44-48-60(49-45-58)83-85-75-38-20-21-39-77(75)87(83)63-24-6-2-7-25-63/h1-54H. The zero-order valence-electron chi connectivity index (χ0n) is 48.0. The van der Waals surface area contributed by atoms with E-state index < -0.39 is 0 Å². The molecule has 4 heteroatoms. The van der Waals surface area contributed by atoms with Crippen LogP contribution in [0.15, 0.2) is 328 Å². The van der Waals surface area contributed by atoms with E-state index in [-0.39, 0.29) is 0 Å². The Hall–Kier alpha value is -11.7. The summed E-state index contributed by atoms with van der Waals surface area (Å²) in [6, 6.07) is 119. The molecule has 0 atom stereocenters. The lowest BCUT2D eigenvalue weighted by molar-refractivity contribution is 1.10. The van der Waals surface area contributed by atoms with E-state index in [4.69, 9.17) is 9.97 Å². The van der Waals surface area contributed by atoms with Gasteiger partial charge < -0.3 is 0 Å². The van der Waals surface area contributed by atoms with Crippen molar-refractivity contribution in [3.63, 3.8) is 0 Å². The van der Waals surface area contributed by atoms with E-state index in [0.717, 1.165) is 78.5 Å². The van der Waals surface area contributed by atoms with Gasteiger partial charge in [0, 0.05) is 22.5 Å². The molecule has 410 valence electrons. The molecule has 0 amide bonds. The molecule has 88 heavy (non-hydrogen) atoms. The van der Waals surface area contributed by atoms with Crippen LogP contribution >= 0.6 is 0 Å². The van der Waals surface area contributed by atoms with Crippen molar-refractivity contribution in [1.82, 2.24) is 19.1 Å². The molecule has 0 saturated carbocycles. The zero-order chi connectivity index (χ0) is 58.1. The van der Waals surface area contributed by atoms with Gasteiger partial charge in [-0.1, -0.05) is 279 Å². The second kappa shape index (κ2) is 21.1. The topological polar surface area (TPSA) is 35.6 Å². The van der Waals surface area contributed by atoms with Gasteiger partial charge in [-0.15, -0.1) is 0 Å². The van der Waals surface area contributed by atoms with Crippen molar-refractivity contribution in [3.8, 4) is 101 Å². The summed E-state index contributed by atoms with van der Waals surface area (Å²) >= 11 is 0. The number of hydrogen-bond acceptors (Lipinski definition) is 2. The van der Waals surface area contributed by atoms with Crippen molar-refractivity contribution in [2.75, 3.05) is 0 Å². The van der Waals surface area contributed by atoms with Crippen LogP contribution in [0.1, 0.15) is 0 Å². The molecule has 0 aliphatic carbocycles. The molecule has 2 aromatic heterocycles. The van der Waals surface area contributed by atoms with Crippen LogP contribution < -0.4 is 0 Å². The van der Waals surface area contributed by atoms with E-state index in [9.17, 15) is 0 Å². The molecule has 4 nitrogen and oxygen atoms in total. The normalized spacial score (nSPS) is 11.6. The van der Waals surface area contributed by atoms with Crippen LogP contribution in [-0.2, 0) is 0 Å². The van der Waals surface area contributed by atoms with Crippen molar-refractivity contribution in [2.45, 2.75) is 0 Å². The van der Waals surface area contributed by atoms with Crippen LogP contribution in [0.25, 0.3) is 166 Å². The van der Waals surface area contributed by atoms with Gasteiger partial charge in [0.15, 0.2) is 0 Å². The van der Waals surface area contributed by atoms with Gasteiger partial charge in [0.05, 0.1) is 22.1 Å². The van der Waals surface area contributed by atoms with Crippen LogP contribution in [0, 0.1) is 0 Å². The lowest BCUT2D eigenvalue weighted by atomic mass is 9.84. The Balaban J connectivity index is 0.725. The molecule has 17 rings (SSSR count). The molecule has 0 fully saturated rings. The minimum atomic E-state index is 0.893. The molecular formula is C84H54N4. The minimum absolute atomic E-state index is 0.893. The van der Waals surface area contributed by atoms with Crippen molar-refractivity contribution < 1.29 is 0 Å². The average molecular weight is 1120 g/mol. The SMILES string of the molecule is c1ccc(-c2ccccc2-c2c3ccccc3c(-c3ccc(-c4nc5cc(-c6ccc(-c7c8ccccc8c(-c8ccc(-c9nc%10ccccc%10n9-c9ccccc9)cc8)c8ccccc78)cc6)ccc5n4-c4ccccc4)cc3)c3ccccc23)cc1. The third-order valence-electron chi connectivity index (χ3n) is 17.8. The fourth-order valence-electron chi connectivity index (χ4n) is 13.8. The fourth-order valence-corrected chi connectivity index (χ4v) is 13.8. The highest BCUT2D eigenvalue weighted by atomic mass is 15.1. The first-order valence-corrected chi connectivity index (χ1v) is 30.1. The molecule has 0 N–H and O–H groups in total. The molecule has 17 aromatic rings. The first-order chi connectivity index (χ1) is 43.7. The van der Waals surface area contributed by atoms with Gasteiger partial charge in [-0.25, -0.2) is 9.97 Å². The van der Waals surface area contributed by atoms with E-state index in [0.29, 0.717) is 0 Å². The maximum absolute atomic E-state index is 5.50. The Morgan fingerprint density at radius 3 is 0.966 bits per heavy atom. The third kappa shape index (κ3) is 8.45. The van der Waals surface area contributed by atoms with Crippen molar-refractivity contribution in [3.05, 3.63) is 328 Å². The Morgan fingerprint density at radius 2 is 0.511 bits per heavy atom. The van der Waals surface area contributed by atoms with Crippen LogP contribution in [0.5, 0.6) is 0 Å². The average Bonchev–Trinajstić information content (AvgIpc) is 1.22. The molecule has 0 radical (unpaired) electrons. The molecule has 0 aliphatic rings. The number of para-hydroxylation sites is 4. The highest BCUT2D eigenvalue weighted by Crippen LogP contribution is 2.48. The Morgan fingerprint density at radius 1 is 0.193 bits per heavy atom. The summed E-state index contributed by atoms with van der Waals surface area (Å²) in [7, 11) is 0. The lowest BCUT2D eigenvalue weighted by Crippen LogP contribution is -1.97. The number of fused-ring (bicyclic) bond motifs is 6. The van der Waals surface area contributed by atoms with E-state index in [1.165, 1.54) is 87.6 Å². The summed E-state index contributed by atoms with van der Waals surface area (Å²) < 4.78 is 4.57. The summed E-state index contributed by atoms with van der Waals surface area (Å²) in [6.07, 6.45) is 0. The largest absolute Gasteiger partial charge is 0.292 e. The van der Waals surface area contributed by atoms with E-state index in [1.54, 1.807) is 0 Å². The predicted molar refractivity (Wildman–Crippen MR) is 369 cm³/mol. The Bertz CT molecular complexity index is 5400. The number of benzene rings is 15. The number of hydrogen-bond donors (Lipinski definition) is 0. The number of nitrogens with zero attached hydrogens (tertiary/aromatic N) is 4. The number of rotatable bonds is 10. The number of aromatic nitrogens is 4. The van der Waals surface area contributed by atoms with E-state index in [1.807, 2.05) is 0 Å². The van der Waals surface area contributed by atoms with Crippen molar-refractivity contribution in [1.29, 1.82) is 0 Å². The second-order valence-electron chi connectivity index (χ2n) is 22.7. The van der Waals surface area contributed by atoms with Crippen LogP contribution in [-0.4, -0.2) is 19.1 Å². The Labute approximate surface area is 509 Å². The molecule has 0 aliphatic heterocycles. The Kier molecular flexibility index (Phi) is 12.2. The zero-order valence-corrected chi connectivity index (χ0v) is 48.0. The summed E-state index contributed by atoms with van der Waals surface area (Å²) in [5.41, 5.74) is 22.6. The van der Waals surface area contributed by atoms with Gasteiger partial charge in [-0.3, -0.25) is 9.13 Å². The smallest absolute Gasteiger partial charge is 0.145 e. The predicted octanol–water partition coefficient (Wildman–Crippen LogP) is 22.3. The molecule has 0 saturated heterocycles. The van der Waals surface area contributed by atoms with Crippen molar-refractivity contribution in [2.24, 2.45) is 0 Å². The molecular weight excluding hydrogens is 1060 g/mol. The highest BCUT2D eigenvalue weighted by molar-refractivity contribution is 6.23. The first-order valence-electron chi connectivity index (χ1n) is 30.1. The third-order valence-corrected chi connectivity index (χ3v) is 17.8. The van der Waals surface area contributed by atoms with Crippen LogP contribution in [0.4, 0.5) is 0 Å². The van der Waals surface area contributed by atoms with Crippen LogP contribution in [0.3, 0.4) is 0 Å². The van der Waals surface area contributed by atoms with Crippen LogP contribution in [0.2, 0.25) is 0 Å². The first kappa shape index (κ1) is 50.8. The fraction of sp³-hybridized carbons (Fsp3) is 0. The number of imidazole rings is 2. The maximum Gasteiger partial charge on any atom is 0.145 e. The second-order valence-corrected chi connectivity index (χ2v) is 22.7. The van der Waals surface area contributed by atoms with Gasteiger partial charge >= 0.3 is 0 Å². The summed E-state index contributed by atoms with van der Waals surface area (Å²) in [4.78, 5) is 10.7. The van der Waals surface area contributed by atoms with Gasteiger partial charge in [-0.05, 0) is 158 Å². The summed E-state index contributed by atoms with van der Waals surface area (Å²) in [5.74, 6) is 1.81.